The van der Waals surface area contributed by atoms with Gasteiger partial charge in [0.1, 0.15) is 0 Å². The molecule has 3 nitrogen and oxygen atoms in total. The van der Waals surface area contributed by atoms with Gasteiger partial charge in [0.2, 0.25) is 0 Å². The second kappa shape index (κ2) is 7.26. The van der Waals surface area contributed by atoms with Gasteiger partial charge in [0.05, 0.1) is 11.0 Å². The summed E-state index contributed by atoms with van der Waals surface area (Å²) < 4.78 is 30.9. The molecule has 0 aromatic heterocycles. The SMILES string of the molecule is Cc1ccc(S(=O)(=O)O[C@@H]2CCCC[C@H]2c2cccc(Cl)c2)cc1. The van der Waals surface area contributed by atoms with Gasteiger partial charge in [-0.2, -0.15) is 8.42 Å². The van der Waals surface area contributed by atoms with Crippen LogP contribution in [0.1, 0.15) is 42.7 Å². The Balaban J connectivity index is 1.84. The molecule has 0 bridgehead atoms. The molecule has 128 valence electrons. The van der Waals surface area contributed by atoms with Crippen molar-refractivity contribution in [2.45, 2.75) is 49.5 Å². The summed E-state index contributed by atoms with van der Waals surface area (Å²) in [4.78, 5) is 0.212. The summed E-state index contributed by atoms with van der Waals surface area (Å²) in [7, 11) is -3.76. The zero-order valence-electron chi connectivity index (χ0n) is 13.6. The third-order valence-electron chi connectivity index (χ3n) is 4.54. The lowest BCUT2D eigenvalue weighted by molar-refractivity contribution is 0.137. The fourth-order valence-corrected chi connectivity index (χ4v) is 4.59. The molecule has 0 spiro atoms. The molecule has 0 saturated heterocycles. The van der Waals surface area contributed by atoms with Gasteiger partial charge in [-0.3, -0.25) is 4.18 Å². The first-order valence-electron chi connectivity index (χ1n) is 8.21. The van der Waals surface area contributed by atoms with E-state index in [1.54, 1.807) is 24.3 Å². The zero-order chi connectivity index (χ0) is 17.2. The standard InChI is InChI=1S/C19H21ClO3S/c1-14-9-11-17(12-10-14)24(21,22)23-19-8-3-2-7-18(19)15-5-4-6-16(20)13-15/h4-6,9-13,18-19H,2-3,7-8H2,1H3/t18-,19+/m0/s1. The van der Waals surface area contributed by atoms with Crippen molar-refractivity contribution in [2.24, 2.45) is 0 Å². The molecule has 0 amide bonds. The Labute approximate surface area is 148 Å². The maximum absolute atomic E-state index is 12.6. The van der Waals surface area contributed by atoms with Crippen molar-refractivity contribution in [1.82, 2.24) is 0 Å². The van der Waals surface area contributed by atoms with Gasteiger partial charge in [0.15, 0.2) is 0 Å². The van der Waals surface area contributed by atoms with E-state index in [0.29, 0.717) is 5.02 Å². The number of hydrogen-bond acceptors (Lipinski definition) is 3. The van der Waals surface area contributed by atoms with E-state index in [1.807, 2.05) is 31.2 Å². The predicted octanol–water partition coefficient (Wildman–Crippen LogP) is 5.08. The van der Waals surface area contributed by atoms with Gasteiger partial charge in [-0.15, -0.1) is 0 Å². The van der Waals surface area contributed by atoms with Crippen LogP contribution in [-0.4, -0.2) is 14.5 Å². The first-order valence-corrected chi connectivity index (χ1v) is 10.00. The van der Waals surface area contributed by atoms with Crippen molar-refractivity contribution in [1.29, 1.82) is 0 Å². The van der Waals surface area contributed by atoms with E-state index in [9.17, 15) is 8.42 Å². The minimum Gasteiger partial charge on any atom is -0.262 e. The highest BCUT2D eigenvalue weighted by atomic mass is 35.5. The van der Waals surface area contributed by atoms with Crippen LogP contribution in [0.15, 0.2) is 53.4 Å². The Morgan fingerprint density at radius 1 is 1.04 bits per heavy atom. The van der Waals surface area contributed by atoms with Crippen LogP contribution in [0.3, 0.4) is 0 Å². The molecule has 5 heteroatoms. The molecule has 1 fully saturated rings. The Morgan fingerprint density at radius 2 is 1.75 bits per heavy atom. The fourth-order valence-electron chi connectivity index (χ4n) is 3.25. The molecule has 0 aliphatic heterocycles. The van der Waals surface area contributed by atoms with Gasteiger partial charge in [0, 0.05) is 10.9 Å². The molecule has 2 atom stereocenters. The second-order valence-electron chi connectivity index (χ2n) is 6.35. The number of rotatable bonds is 4. The molecule has 0 unspecified atom stereocenters. The zero-order valence-corrected chi connectivity index (χ0v) is 15.2. The minimum atomic E-state index is -3.76. The highest BCUT2D eigenvalue weighted by Crippen LogP contribution is 2.37. The first-order chi connectivity index (χ1) is 11.5. The smallest absolute Gasteiger partial charge is 0.262 e. The fraction of sp³-hybridized carbons (Fsp3) is 0.368. The quantitative estimate of drug-likeness (QED) is 0.710. The van der Waals surface area contributed by atoms with E-state index in [-0.39, 0.29) is 16.9 Å². The van der Waals surface area contributed by atoms with Crippen LogP contribution < -0.4 is 0 Å². The summed E-state index contributed by atoms with van der Waals surface area (Å²) in [5, 5.41) is 0.665. The van der Waals surface area contributed by atoms with Gasteiger partial charge in [-0.1, -0.05) is 54.3 Å². The third kappa shape index (κ3) is 4.00. The predicted molar refractivity (Wildman–Crippen MR) is 95.9 cm³/mol. The van der Waals surface area contributed by atoms with Crippen LogP contribution >= 0.6 is 11.6 Å². The monoisotopic (exact) mass is 364 g/mol. The molecule has 2 aromatic carbocycles. The van der Waals surface area contributed by atoms with Crippen LogP contribution in [0.4, 0.5) is 0 Å². The van der Waals surface area contributed by atoms with Gasteiger partial charge >= 0.3 is 0 Å². The normalized spacial score (nSPS) is 21.6. The lowest BCUT2D eigenvalue weighted by Crippen LogP contribution is -2.28. The Morgan fingerprint density at radius 3 is 2.46 bits per heavy atom. The van der Waals surface area contributed by atoms with E-state index in [1.165, 1.54) is 0 Å². The van der Waals surface area contributed by atoms with Gasteiger partial charge in [0.25, 0.3) is 10.1 Å². The number of hydrogen-bond donors (Lipinski definition) is 0. The van der Waals surface area contributed by atoms with Crippen molar-refractivity contribution >= 4 is 21.7 Å². The van der Waals surface area contributed by atoms with E-state index in [0.717, 1.165) is 36.8 Å². The number of benzene rings is 2. The molecular weight excluding hydrogens is 344 g/mol. The Kier molecular flexibility index (Phi) is 5.28. The maximum Gasteiger partial charge on any atom is 0.297 e. The molecule has 0 heterocycles. The summed E-state index contributed by atoms with van der Waals surface area (Å²) in [6.45, 7) is 1.92. The van der Waals surface area contributed by atoms with Gasteiger partial charge < -0.3 is 0 Å². The molecule has 2 aromatic rings. The van der Waals surface area contributed by atoms with E-state index in [4.69, 9.17) is 15.8 Å². The molecule has 24 heavy (non-hydrogen) atoms. The Bertz CT molecular complexity index is 800. The van der Waals surface area contributed by atoms with E-state index in [2.05, 4.69) is 0 Å². The van der Waals surface area contributed by atoms with Crippen LogP contribution in [0.25, 0.3) is 0 Å². The molecular formula is C19H21ClO3S. The largest absolute Gasteiger partial charge is 0.297 e. The van der Waals surface area contributed by atoms with Crippen molar-refractivity contribution in [2.75, 3.05) is 0 Å². The maximum atomic E-state index is 12.6. The number of aryl methyl sites for hydroxylation is 1. The molecule has 0 N–H and O–H groups in total. The summed E-state index contributed by atoms with van der Waals surface area (Å²) in [6.07, 6.45) is 3.35. The molecule has 1 aliphatic carbocycles. The van der Waals surface area contributed by atoms with Gasteiger partial charge in [-0.05, 0) is 49.6 Å². The summed E-state index contributed by atoms with van der Waals surface area (Å²) >= 11 is 6.10. The van der Waals surface area contributed by atoms with Gasteiger partial charge in [-0.25, -0.2) is 0 Å². The second-order valence-corrected chi connectivity index (χ2v) is 8.36. The van der Waals surface area contributed by atoms with Crippen LogP contribution in [0.5, 0.6) is 0 Å². The molecule has 1 saturated carbocycles. The van der Waals surface area contributed by atoms with E-state index < -0.39 is 10.1 Å². The third-order valence-corrected chi connectivity index (χ3v) is 6.12. The molecule has 0 radical (unpaired) electrons. The minimum absolute atomic E-state index is 0.0534. The molecule has 1 aliphatic rings. The van der Waals surface area contributed by atoms with Crippen LogP contribution in [0, 0.1) is 6.92 Å². The average molecular weight is 365 g/mol. The Hall–Kier alpha value is -1.36. The number of halogens is 1. The van der Waals surface area contributed by atoms with Crippen molar-refractivity contribution in [3.8, 4) is 0 Å². The van der Waals surface area contributed by atoms with Crippen LogP contribution in [-0.2, 0) is 14.3 Å². The average Bonchev–Trinajstić information content (AvgIpc) is 2.55. The first kappa shape index (κ1) is 17.5. The summed E-state index contributed by atoms with van der Waals surface area (Å²) in [6, 6.07) is 14.4. The van der Waals surface area contributed by atoms with Crippen molar-refractivity contribution in [3.05, 3.63) is 64.7 Å². The van der Waals surface area contributed by atoms with Crippen LogP contribution in [0.2, 0.25) is 5.02 Å². The topological polar surface area (TPSA) is 43.4 Å². The van der Waals surface area contributed by atoms with Crippen molar-refractivity contribution < 1.29 is 12.6 Å². The lowest BCUT2D eigenvalue weighted by atomic mass is 9.82. The lowest BCUT2D eigenvalue weighted by Gasteiger charge is -2.31. The summed E-state index contributed by atoms with van der Waals surface area (Å²) in [5.74, 6) is 0.0534. The molecule has 3 rings (SSSR count). The van der Waals surface area contributed by atoms with E-state index >= 15 is 0 Å². The highest BCUT2D eigenvalue weighted by molar-refractivity contribution is 7.86. The highest BCUT2D eigenvalue weighted by Gasteiger charge is 2.32. The summed E-state index contributed by atoms with van der Waals surface area (Å²) in [5.41, 5.74) is 2.06. The van der Waals surface area contributed by atoms with Crippen molar-refractivity contribution in [3.63, 3.8) is 0 Å².